The van der Waals surface area contributed by atoms with Gasteiger partial charge in [0.15, 0.2) is 0 Å². The fourth-order valence-electron chi connectivity index (χ4n) is 2.10. The molecule has 22 heavy (non-hydrogen) atoms. The van der Waals surface area contributed by atoms with E-state index in [-0.39, 0.29) is 11.9 Å². The third-order valence-corrected chi connectivity index (χ3v) is 4.42. The summed E-state index contributed by atoms with van der Waals surface area (Å²) in [6, 6.07) is -0.283. The Balaban J connectivity index is 1.93. The summed E-state index contributed by atoms with van der Waals surface area (Å²) >= 11 is 1.61. The molecule has 120 valence electrons. The number of amides is 2. The molecule has 0 unspecified atom stereocenters. The van der Waals surface area contributed by atoms with Gasteiger partial charge in [-0.3, -0.25) is 0 Å². The van der Waals surface area contributed by atoms with Crippen LogP contribution in [-0.2, 0) is 7.05 Å². The maximum Gasteiger partial charge on any atom is 0.319 e. The molecule has 8 heteroatoms. The highest BCUT2D eigenvalue weighted by Gasteiger charge is 2.17. The van der Waals surface area contributed by atoms with Crippen molar-refractivity contribution in [2.24, 2.45) is 7.05 Å². The monoisotopic (exact) mass is 323 g/mol. The maximum absolute atomic E-state index is 12.1. The van der Waals surface area contributed by atoms with Gasteiger partial charge in [0.25, 0.3) is 0 Å². The van der Waals surface area contributed by atoms with E-state index in [1.165, 1.54) is 0 Å². The first-order valence-corrected chi connectivity index (χ1v) is 7.84. The molecule has 0 aromatic carbocycles. The zero-order valence-electron chi connectivity index (χ0n) is 13.4. The van der Waals surface area contributed by atoms with Gasteiger partial charge in [-0.2, -0.15) is 5.10 Å². The molecule has 2 heterocycles. The number of hydrogen-bond donors (Lipinski definition) is 2. The summed E-state index contributed by atoms with van der Waals surface area (Å²) in [5, 5.41) is 12.9. The third kappa shape index (κ3) is 3.56. The van der Waals surface area contributed by atoms with Crippen LogP contribution in [0, 0.1) is 13.8 Å². The van der Waals surface area contributed by atoms with Crippen molar-refractivity contribution in [2.75, 3.05) is 19.0 Å². The molecule has 0 bridgehead atoms. The molecule has 2 amide bonds. The van der Waals surface area contributed by atoms with Gasteiger partial charge in [0.05, 0.1) is 17.8 Å². The number of hydrogen-bond acceptors (Lipinski definition) is 5. The molecule has 0 radical (unpaired) electrons. The quantitative estimate of drug-likeness (QED) is 0.885. The molecule has 2 N–H and O–H groups in total. The lowest BCUT2D eigenvalue weighted by Crippen LogP contribution is -2.32. The third-order valence-electron chi connectivity index (χ3n) is 3.23. The highest BCUT2D eigenvalue weighted by molar-refractivity contribution is 7.09. The topological polar surface area (TPSA) is 81.1 Å². The molecule has 0 aliphatic rings. The Hall–Kier alpha value is -2.09. The lowest BCUT2D eigenvalue weighted by molar-refractivity contribution is 0.251. The number of carbonyl (C=O) groups excluding carboxylic acids is 1. The molecule has 2 aromatic heterocycles. The van der Waals surface area contributed by atoms with E-state index in [4.69, 9.17) is 4.74 Å². The minimum Gasteiger partial charge on any atom is -0.480 e. The molecular formula is C14H21N5O2S. The minimum atomic E-state index is -0.283. The Labute approximate surface area is 133 Å². The zero-order chi connectivity index (χ0) is 16.3. The molecule has 1 atom stereocenters. The molecule has 0 fully saturated rings. The van der Waals surface area contributed by atoms with Crippen molar-refractivity contribution in [1.29, 1.82) is 0 Å². The number of thiazole rings is 1. The fraction of sp³-hybridized carbons (Fsp3) is 0.500. The Morgan fingerprint density at radius 2 is 2.23 bits per heavy atom. The van der Waals surface area contributed by atoms with Gasteiger partial charge in [0.1, 0.15) is 5.69 Å². The summed E-state index contributed by atoms with van der Waals surface area (Å²) in [6.45, 7) is 6.33. The Bertz CT molecular complexity index is 664. The smallest absolute Gasteiger partial charge is 0.319 e. The Morgan fingerprint density at radius 3 is 2.82 bits per heavy atom. The summed E-state index contributed by atoms with van der Waals surface area (Å²) in [5.74, 6) is 0.692. The van der Waals surface area contributed by atoms with Crippen molar-refractivity contribution in [3.05, 3.63) is 21.8 Å². The summed E-state index contributed by atoms with van der Waals surface area (Å²) in [6.07, 6.45) is 0. The summed E-state index contributed by atoms with van der Waals surface area (Å²) in [5.41, 5.74) is 2.30. The zero-order valence-corrected chi connectivity index (χ0v) is 14.2. The highest BCUT2D eigenvalue weighted by atomic mass is 32.1. The summed E-state index contributed by atoms with van der Waals surface area (Å²) in [7, 11) is 3.31. The number of nitrogens with one attached hydrogen (secondary N) is 2. The van der Waals surface area contributed by atoms with Gasteiger partial charge in [-0.15, -0.1) is 11.3 Å². The van der Waals surface area contributed by atoms with Crippen molar-refractivity contribution in [3.63, 3.8) is 0 Å². The standard InChI is InChI=1S/C14H21N5O2S/c1-8(12-16-9(2)7-22-12)6-15-14(20)17-11-10(3)18-19(4)13(11)21-5/h7-8H,6H2,1-5H3,(H2,15,17,20)/t8-/m0/s1. The van der Waals surface area contributed by atoms with Crippen molar-refractivity contribution in [3.8, 4) is 5.88 Å². The number of anilines is 1. The first-order chi connectivity index (χ1) is 10.4. The fourth-order valence-corrected chi connectivity index (χ4v) is 2.96. The van der Waals surface area contributed by atoms with Crippen LogP contribution in [0.2, 0.25) is 0 Å². The molecule has 0 saturated carbocycles. The van der Waals surface area contributed by atoms with E-state index in [9.17, 15) is 4.79 Å². The Morgan fingerprint density at radius 1 is 1.50 bits per heavy atom. The van der Waals surface area contributed by atoms with Crippen molar-refractivity contribution < 1.29 is 9.53 Å². The van der Waals surface area contributed by atoms with Crippen LogP contribution < -0.4 is 15.4 Å². The van der Waals surface area contributed by atoms with Crippen molar-refractivity contribution in [1.82, 2.24) is 20.1 Å². The summed E-state index contributed by atoms with van der Waals surface area (Å²) in [4.78, 5) is 16.5. The second kappa shape index (κ2) is 6.78. The summed E-state index contributed by atoms with van der Waals surface area (Å²) < 4.78 is 6.83. The second-order valence-electron chi connectivity index (χ2n) is 5.16. The first-order valence-electron chi connectivity index (χ1n) is 6.96. The number of rotatable bonds is 5. The van der Waals surface area contributed by atoms with E-state index >= 15 is 0 Å². The maximum atomic E-state index is 12.1. The van der Waals surface area contributed by atoms with Crippen LogP contribution in [0.3, 0.4) is 0 Å². The molecule has 0 aliphatic heterocycles. The number of aromatic nitrogens is 3. The van der Waals surface area contributed by atoms with Gasteiger partial charge in [0.2, 0.25) is 5.88 Å². The number of aryl methyl sites for hydroxylation is 3. The lowest BCUT2D eigenvalue weighted by atomic mass is 10.2. The molecule has 7 nitrogen and oxygen atoms in total. The van der Waals surface area contributed by atoms with Gasteiger partial charge in [-0.1, -0.05) is 6.92 Å². The molecular weight excluding hydrogens is 302 g/mol. The van der Waals surface area contributed by atoms with Crippen LogP contribution in [0.5, 0.6) is 5.88 Å². The van der Waals surface area contributed by atoms with E-state index in [2.05, 4.69) is 20.7 Å². The van der Waals surface area contributed by atoms with Crippen LogP contribution in [0.1, 0.15) is 29.2 Å². The van der Waals surface area contributed by atoms with Crippen LogP contribution in [0.25, 0.3) is 0 Å². The van der Waals surface area contributed by atoms with E-state index in [0.717, 1.165) is 10.7 Å². The SMILES string of the molecule is COc1c(NC(=O)NC[C@H](C)c2nc(C)cs2)c(C)nn1C. The van der Waals surface area contributed by atoms with E-state index < -0.39 is 0 Å². The van der Waals surface area contributed by atoms with Gasteiger partial charge >= 0.3 is 6.03 Å². The van der Waals surface area contributed by atoms with E-state index in [0.29, 0.717) is 23.8 Å². The molecule has 0 spiro atoms. The van der Waals surface area contributed by atoms with Crippen molar-refractivity contribution >= 4 is 23.1 Å². The lowest BCUT2D eigenvalue weighted by Gasteiger charge is -2.12. The average Bonchev–Trinajstić information content (AvgIpc) is 3.01. The molecule has 2 aromatic rings. The van der Waals surface area contributed by atoms with Crippen molar-refractivity contribution in [2.45, 2.75) is 26.7 Å². The van der Waals surface area contributed by atoms with Crippen LogP contribution in [0.4, 0.5) is 10.5 Å². The number of urea groups is 1. The second-order valence-corrected chi connectivity index (χ2v) is 6.05. The largest absolute Gasteiger partial charge is 0.480 e. The van der Waals surface area contributed by atoms with Gasteiger partial charge < -0.3 is 15.4 Å². The minimum absolute atomic E-state index is 0.168. The van der Waals surface area contributed by atoms with Crippen LogP contribution in [0.15, 0.2) is 5.38 Å². The van der Waals surface area contributed by atoms with Crippen LogP contribution in [-0.4, -0.2) is 34.5 Å². The number of carbonyl (C=O) groups is 1. The first kappa shape index (κ1) is 16.3. The number of nitrogens with zero attached hydrogens (tertiary/aromatic N) is 3. The molecule has 0 saturated heterocycles. The van der Waals surface area contributed by atoms with Gasteiger partial charge in [0, 0.05) is 30.6 Å². The predicted molar refractivity (Wildman–Crippen MR) is 86.8 cm³/mol. The predicted octanol–water partition coefficient (Wildman–Crippen LogP) is 2.43. The van der Waals surface area contributed by atoms with Gasteiger partial charge in [-0.25, -0.2) is 14.5 Å². The average molecular weight is 323 g/mol. The van der Waals surface area contributed by atoms with Gasteiger partial charge in [-0.05, 0) is 13.8 Å². The van der Waals surface area contributed by atoms with E-state index in [1.807, 2.05) is 26.2 Å². The molecule has 2 rings (SSSR count). The highest BCUT2D eigenvalue weighted by Crippen LogP contribution is 2.26. The Kier molecular flexibility index (Phi) is 5.02. The normalized spacial score (nSPS) is 12.0. The molecule has 0 aliphatic carbocycles. The number of methoxy groups -OCH3 is 1. The number of ether oxygens (including phenoxy) is 1. The van der Waals surface area contributed by atoms with Crippen LogP contribution >= 0.6 is 11.3 Å². The van der Waals surface area contributed by atoms with E-state index in [1.54, 1.807) is 30.2 Å².